The molecule has 0 bridgehead atoms. The first-order chi connectivity index (χ1) is 16.7. The van der Waals surface area contributed by atoms with Crippen LogP contribution in [0.2, 0.25) is 5.02 Å². The van der Waals surface area contributed by atoms with E-state index in [2.05, 4.69) is 9.71 Å². The standard InChI is InChI=1S/C25H19ClN2O4S3/c26-19-9-10-23-17(13-19)11-12-27-25(23)18-5-4-6-20(14-18)28-35(31,32)24-15-22(16-33-24)34(29,30)21-7-2-1-3-8-21/h1-10,13-16,28H,11-12H2. The fourth-order valence-electron chi connectivity index (χ4n) is 3.87. The van der Waals surface area contributed by atoms with E-state index in [1.54, 1.807) is 36.4 Å². The zero-order chi connectivity index (χ0) is 24.6. The summed E-state index contributed by atoms with van der Waals surface area (Å²) in [6.45, 7) is 0.618. The second-order valence-corrected chi connectivity index (χ2v) is 13.1. The summed E-state index contributed by atoms with van der Waals surface area (Å²) >= 11 is 6.99. The van der Waals surface area contributed by atoms with Gasteiger partial charge in [0.15, 0.2) is 0 Å². The molecule has 0 radical (unpaired) electrons. The van der Waals surface area contributed by atoms with E-state index in [9.17, 15) is 16.8 Å². The van der Waals surface area contributed by atoms with Crippen LogP contribution >= 0.6 is 22.9 Å². The second kappa shape index (κ2) is 9.23. The molecule has 5 rings (SSSR count). The Labute approximate surface area is 212 Å². The van der Waals surface area contributed by atoms with E-state index in [-0.39, 0.29) is 14.0 Å². The Morgan fingerprint density at radius 1 is 0.857 bits per heavy atom. The molecule has 35 heavy (non-hydrogen) atoms. The van der Waals surface area contributed by atoms with Gasteiger partial charge in [-0.05, 0) is 54.4 Å². The quantitative estimate of drug-likeness (QED) is 0.351. The molecular weight excluding hydrogens is 524 g/mol. The van der Waals surface area contributed by atoms with Crippen molar-refractivity contribution in [3.05, 3.63) is 106 Å². The third kappa shape index (κ3) is 4.77. The summed E-state index contributed by atoms with van der Waals surface area (Å²) in [4.78, 5) is 4.71. The molecule has 1 aromatic heterocycles. The van der Waals surface area contributed by atoms with Crippen LogP contribution in [0, 0.1) is 0 Å². The van der Waals surface area contributed by atoms with E-state index in [4.69, 9.17) is 11.6 Å². The molecule has 178 valence electrons. The highest BCUT2D eigenvalue weighted by Crippen LogP contribution is 2.30. The molecule has 0 amide bonds. The summed E-state index contributed by atoms with van der Waals surface area (Å²) in [6, 6.07) is 21.7. The molecule has 6 nitrogen and oxygen atoms in total. The first-order valence-electron chi connectivity index (χ1n) is 10.6. The van der Waals surface area contributed by atoms with E-state index in [0.29, 0.717) is 17.3 Å². The van der Waals surface area contributed by atoms with Crippen molar-refractivity contribution in [2.45, 2.75) is 20.4 Å². The van der Waals surface area contributed by atoms with E-state index in [1.165, 1.54) is 23.6 Å². The Morgan fingerprint density at radius 2 is 1.66 bits per heavy atom. The van der Waals surface area contributed by atoms with Gasteiger partial charge in [-0.1, -0.05) is 48.0 Å². The minimum absolute atomic E-state index is 0.0605. The van der Waals surface area contributed by atoms with Crippen LogP contribution in [0.1, 0.15) is 16.7 Å². The molecule has 1 aliphatic heterocycles. The molecule has 0 spiro atoms. The van der Waals surface area contributed by atoms with Gasteiger partial charge in [0, 0.05) is 33.8 Å². The molecule has 0 fully saturated rings. The number of rotatable bonds is 6. The number of nitrogens with zero attached hydrogens (tertiary/aromatic N) is 1. The molecular formula is C25H19ClN2O4S3. The number of hydrogen-bond acceptors (Lipinski definition) is 6. The predicted octanol–water partition coefficient (Wildman–Crippen LogP) is 5.43. The Kier molecular flexibility index (Phi) is 6.27. The maximum atomic E-state index is 13.1. The monoisotopic (exact) mass is 542 g/mol. The van der Waals surface area contributed by atoms with Crippen LogP contribution in [0.15, 0.2) is 103 Å². The number of thiophene rings is 1. The van der Waals surface area contributed by atoms with Gasteiger partial charge in [0.1, 0.15) is 4.21 Å². The topological polar surface area (TPSA) is 92.7 Å². The number of nitrogens with one attached hydrogen (secondary N) is 1. The highest BCUT2D eigenvalue weighted by Gasteiger charge is 2.24. The summed E-state index contributed by atoms with van der Waals surface area (Å²) < 4.78 is 54.3. The molecule has 0 atom stereocenters. The van der Waals surface area contributed by atoms with Crippen molar-refractivity contribution in [3.63, 3.8) is 0 Å². The average Bonchev–Trinajstić information content (AvgIpc) is 3.36. The van der Waals surface area contributed by atoms with Crippen LogP contribution in [-0.4, -0.2) is 29.1 Å². The molecule has 0 saturated heterocycles. The van der Waals surface area contributed by atoms with Crippen LogP contribution in [0.3, 0.4) is 0 Å². The van der Waals surface area contributed by atoms with Crippen LogP contribution < -0.4 is 4.72 Å². The SMILES string of the molecule is O=S(=O)(Nc1cccc(C2=NCCc3cc(Cl)ccc32)c1)c1cc(S(=O)(=O)c2ccccc2)cs1. The smallest absolute Gasteiger partial charge is 0.271 e. The van der Waals surface area contributed by atoms with Gasteiger partial charge in [-0.2, -0.15) is 0 Å². The van der Waals surface area contributed by atoms with Crippen molar-refractivity contribution in [2.24, 2.45) is 4.99 Å². The first kappa shape index (κ1) is 23.7. The van der Waals surface area contributed by atoms with E-state index in [1.807, 2.05) is 24.3 Å². The average molecular weight is 543 g/mol. The molecule has 0 unspecified atom stereocenters. The fraction of sp³-hybridized carbons (Fsp3) is 0.0800. The maximum absolute atomic E-state index is 13.1. The fourth-order valence-corrected chi connectivity index (χ4v) is 8.02. The normalized spacial score (nSPS) is 13.7. The Bertz CT molecular complexity index is 1660. The summed E-state index contributed by atoms with van der Waals surface area (Å²) in [7, 11) is -7.81. The number of sulfonamides is 1. The van der Waals surface area contributed by atoms with Crippen molar-refractivity contribution < 1.29 is 16.8 Å². The van der Waals surface area contributed by atoms with E-state index in [0.717, 1.165) is 40.2 Å². The summed E-state index contributed by atoms with van der Waals surface area (Å²) in [5.41, 5.74) is 3.96. The lowest BCUT2D eigenvalue weighted by Crippen LogP contribution is -2.15. The highest BCUT2D eigenvalue weighted by atomic mass is 35.5. The van der Waals surface area contributed by atoms with Crippen LogP contribution in [0.5, 0.6) is 0 Å². The van der Waals surface area contributed by atoms with Crippen molar-refractivity contribution in [2.75, 3.05) is 11.3 Å². The van der Waals surface area contributed by atoms with Crippen molar-refractivity contribution in [1.82, 2.24) is 0 Å². The number of fused-ring (bicyclic) bond motifs is 1. The minimum atomic E-state index is -4.00. The predicted molar refractivity (Wildman–Crippen MR) is 139 cm³/mol. The summed E-state index contributed by atoms with van der Waals surface area (Å²) in [6.07, 6.45) is 0.790. The van der Waals surface area contributed by atoms with Crippen molar-refractivity contribution in [1.29, 1.82) is 0 Å². The van der Waals surface area contributed by atoms with Crippen molar-refractivity contribution in [3.8, 4) is 0 Å². The molecule has 10 heteroatoms. The lowest BCUT2D eigenvalue weighted by Gasteiger charge is -2.18. The van der Waals surface area contributed by atoms with Gasteiger partial charge < -0.3 is 0 Å². The number of aliphatic imine (C=N–C) groups is 1. The number of benzene rings is 3. The lowest BCUT2D eigenvalue weighted by molar-refractivity contribution is 0.596. The van der Waals surface area contributed by atoms with Crippen LogP contribution in [0.4, 0.5) is 5.69 Å². The zero-order valence-electron chi connectivity index (χ0n) is 18.2. The van der Waals surface area contributed by atoms with Gasteiger partial charge in [0.2, 0.25) is 9.84 Å². The van der Waals surface area contributed by atoms with Gasteiger partial charge in [0.25, 0.3) is 10.0 Å². The largest absolute Gasteiger partial charge is 0.284 e. The first-order valence-corrected chi connectivity index (χ1v) is 14.8. The zero-order valence-corrected chi connectivity index (χ0v) is 21.4. The van der Waals surface area contributed by atoms with Crippen LogP contribution in [-0.2, 0) is 26.3 Å². The van der Waals surface area contributed by atoms with Gasteiger partial charge in [0.05, 0.1) is 15.5 Å². The number of hydrogen-bond donors (Lipinski definition) is 1. The molecule has 4 aromatic rings. The molecule has 1 N–H and O–H groups in total. The van der Waals surface area contributed by atoms with Crippen molar-refractivity contribution >= 4 is 54.2 Å². The number of sulfone groups is 1. The Morgan fingerprint density at radius 3 is 2.46 bits per heavy atom. The minimum Gasteiger partial charge on any atom is -0.284 e. The van der Waals surface area contributed by atoms with Gasteiger partial charge in [-0.25, -0.2) is 16.8 Å². The maximum Gasteiger partial charge on any atom is 0.271 e. The Balaban J connectivity index is 1.42. The van der Waals surface area contributed by atoms with Gasteiger partial charge >= 0.3 is 0 Å². The number of halogens is 1. The molecule has 3 aromatic carbocycles. The summed E-state index contributed by atoms with van der Waals surface area (Å²) in [5, 5.41) is 2.00. The highest BCUT2D eigenvalue weighted by molar-refractivity contribution is 7.95. The molecule has 0 saturated carbocycles. The van der Waals surface area contributed by atoms with E-state index >= 15 is 0 Å². The molecule has 1 aliphatic rings. The third-order valence-corrected chi connectivity index (χ3v) is 10.5. The van der Waals surface area contributed by atoms with Crippen LogP contribution in [0.25, 0.3) is 0 Å². The third-order valence-electron chi connectivity index (χ3n) is 5.54. The van der Waals surface area contributed by atoms with E-state index < -0.39 is 19.9 Å². The van der Waals surface area contributed by atoms with Gasteiger partial charge in [-0.15, -0.1) is 11.3 Å². The molecule has 0 aliphatic carbocycles. The lowest BCUT2D eigenvalue weighted by atomic mass is 9.93. The summed E-state index contributed by atoms with van der Waals surface area (Å²) in [5.74, 6) is 0. The second-order valence-electron chi connectivity index (χ2n) is 7.89. The number of anilines is 1. The Hall–Kier alpha value is -2.98. The van der Waals surface area contributed by atoms with Gasteiger partial charge in [-0.3, -0.25) is 9.71 Å². The molecule has 2 heterocycles.